The van der Waals surface area contributed by atoms with Crippen LogP contribution < -0.4 is 0 Å². The summed E-state index contributed by atoms with van der Waals surface area (Å²) in [7, 11) is 0. The predicted octanol–water partition coefficient (Wildman–Crippen LogP) is 9.76. The first-order chi connectivity index (χ1) is 21.3. The lowest BCUT2D eigenvalue weighted by molar-refractivity contribution is 0.955. The van der Waals surface area contributed by atoms with Crippen molar-refractivity contribution in [1.82, 2.24) is 19.5 Å². The molecule has 4 heteroatoms. The summed E-state index contributed by atoms with van der Waals surface area (Å²) < 4.78 is 2.26. The Bertz CT molecular complexity index is 2440. The van der Waals surface area contributed by atoms with E-state index in [1.165, 1.54) is 43.1 Å². The summed E-state index contributed by atoms with van der Waals surface area (Å²) in [6.07, 6.45) is 0. The molecule has 4 nitrogen and oxygen atoms in total. The van der Waals surface area contributed by atoms with Gasteiger partial charge in [0.2, 0.25) is 5.95 Å². The molecule has 9 rings (SSSR count). The molecule has 0 saturated heterocycles. The van der Waals surface area contributed by atoms with E-state index in [1.54, 1.807) is 0 Å². The Balaban J connectivity index is 1.52. The Morgan fingerprint density at radius 3 is 1.53 bits per heavy atom. The molecular weight excluding hydrogens is 524 g/mol. The molecule has 2 heterocycles. The first-order valence-corrected chi connectivity index (χ1v) is 14.5. The molecule has 0 amide bonds. The Labute approximate surface area is 247 Å². The highest BCUT2D eigenvalue weighted by atomic mass is 15.2. The molecule has 0 fully saturated rings. The number of hydrogen-bond acceptors (Lipinski definition) is 3. The first kappa shape index (κ1) is 23.8. The molecule has 200 valence electrons. The third-order valence-electron chi connectivity index (χ3n) is 8.41. The van der Waals surface area contributed by atoms with Gasteiger partial charge in [0.05, 0.1) is 11.0 Å². The van der Waals surface area contributed by atoms with Crippen LogP contribution in [0.2, 0.25) is 0 Å². The third kappa shape index (κ3) is 3.60. The van der Waals surface area contributed by atoms with Crippen LogP contribution in [0.1, 0.15) is 0 Å². The Morgan fingerprint density at radius 2 is 0.884 bits per heavy atom. The van der Waals surface area contributed by atoms with E-state index in [4.69, 9.17) is 15.0 Å². The minimum atomic E-state index is 0.600. The van der Waals surface area contributed by atoms with Crippen LogP contribution in [0.25, 0.3) is 82.8 Å². The van der Waals surface area contributed by atoms with Gasteiger partial charge < -0.3 is 0 Å². The van der Waals surface area contributed by atoms with Gasteiger partial charge in [0, 0.05) is 27.3 Å². The normalized spacial score (nSPS) is 11.7. The topological polar surface area (TPSA) is 43.6 Å². The molecule has 0 aliphatic carbocycles. The lowest BCUT2D eigenvalue weighted by Gasteiger charge is -2.13. The van der Waals surface area contributed by atoms with Crippen LogP contribution >= 0.6 is 0 Å². The SMILES string of the molecule is c1ccc(-c2nc(-c3ccccc3)nc(-n3c4ccc5ccccc5c4c4c5ccccc5c5ccccc5c43)n2)cc1. The molecule has 7 aromatic carbocycles. The van der Waals surface area contributed by atoms with E-state index >= 15 is 0 Å². The van der Waals surface area contributed by atoms with Crippen molar-refractivity contribution in [1.29, 1.82) is 0 Å². The lowest BCUT2D eigenvalue weighted by Crippen LogP contribution is -2.06. The minimum Gasteiger partial charge on any atom is -0.277 e. The molecule has 43 heavy (non-hydrogen) atoms. The van der Waals surface area contributed by atoms with Gasteiger partial charge in [0.1, 0.15) is 0 Å². The fourth-order valence-corrected chi connectivity index (χ4v) is 6.54. The Hall–Kier alpha value is -5.87. The third-order valence-corrected chi connectivity index (χ3v) is 8.41. The van der Waals surface area contributed by atoms with Crippen molar-refractivity contribution in [2.75, 3.05) is 0 Å². The largest absolute Gasteiger partial charge is 0.277 e. The van der Waals surface area contributed by atoms with Crippen molar-refractivity contribution in [3.8, 4) is 28.7 Å². The molecule has 0 saturated carbocycles. The number of aromatic nitrogens is 4. The van der Waals surface area contributed by atoms with Gasteiger partial charge in [-0.15, -0.1) is 0 Å². The van der Waals surface area contributed by atoms with Gasteiger partial charge in [0.25, 0.3) is 0 Å². The van der Waals surface area contributed by atoms with Gasteiger partial charge in [-0.2, -0.15) is 9.97 Å². The maximum Gasteiger partial charge on any atom is 0.238 e. The quantitative estimate of drug-likeness (QED) is 0.206. The van der Waals surface area contributed by atoms with Gasteiger partial charge in [-0.1, -0.05) is 140 Å². The van der Waals surface area contributed by atoms with Crippen LogP contribution in [0.3, 0.4) is 0 Å². The van der Waals surface area contributed by atoms with Gasteiger partial charge >= 0.3 is 0 Å². The molecule has 9 aromatic rings. The van der Waals surface area contributed by atoms with Gasteiger partial charge in [-0.05, 0) is 33.0 Å². The van der Waals surface area contributed by atoms with Gasteiger partial charge in [-0.25, -0.2) is 4.98 Å². The van der Waals surface area contributed by atoms with Crippen LogP contribution in [0, 0.1) is 0 Å². The zero-order chi connectivity index (χ0) is 28.3. The zero-order valence-electron chi connectivity index (χ0n) is 23.1. The second kappa shape index (κ2) is 9.33. The number of benzene rings is 7. The molecule has 0 aliphatic rings. The predicted molar refractivity (Wildman–Crippen MR) is 178 cm³/mol. The van der Waals surface area contributed by atoms with E-state index in [1.807, 2.05) is 36.4 Å². The molecule has 0 aliphatic heterocycles. The van der Waals surface area contributed by atoms with Crippen LogP contribution in [-0.4, -0.2) is 19.5 Å². The van der Waals surface area contributed by atoms with E-state index in [0.29, 0.717) is 17.6 Å². The van der Waals surface area contributed by atoms with Gasteiger partial charge in [0.15, 0.2) is 11.6 Å². The summed E-state index contributed by atoms with van der Waals surface area (Å²) in [4.78, 5) is 15.3. The summed E-state index contributed by atoms with van der Waals surface area (Å²) in [5.74, 6) is 1.89. The maximum atomic E-state index is 5.18. The van der Waals surface area contributed by atoms with E-state index in [0.717, 1.165) is 22.2 Å². The number of rotatable bonds is 3. The summed E-state index contributed by atoms with van der Waals surface area (Å²) in [6, 6.07) is 50.8. The lowest BCUT2D eigenvalue weighted by atomic mass is 9.95. The summed E-state index contributed by atoms with van der Waals surface area (Å²) in [5, 5.41) is 9.67. The average molecular weight is 549 g/mol. The smallest absolute Gasteiger partial charge is 0.238 e. The molecule has 0 N–H and O–H groups in total. The van der Waals surface area contributed by atoms with Crippen LogP contribution in [0.5, 0.6) is 0 Å². The standard InChI is InChI=1S/C39H24N4/c1-3-14-26(15-4-1)37-40-38(27-16-5-2-6-17-27)42-39(41-37)43-33-24-23-25-13-7-8-18-28(25)34(33)35-31-21-11-9-19-29(31)30-20-10-12-22-32(30)36(35)43/h1-24H. The van der Waals surface area contributed by atoms with E-state index in [9.17, 15) is 0 Å². The van der Waals surface area contributed by atoms with Crippen molar-refractivity contribution in [2.24, 2.45) is 0 Å². The van der Waals surface area contributed by atoms with Crippen LogP contribution in [0.15, 0.2) is 146 Å². The number of fused-ring (bicyclic) bond motifs is 10. The molecule has 2 aromatic heterocycles. The fraction of sp³-hybridized carbons (Fsp3) is 0. The molecule has 0 bridgehead atoms. The number of nitrogens with zero attached hydrogens (tertiary/aromatic N) is 4. The van der Waals surface area contributed by atoms with E-state index < -0.39 is 0 Å². The highest BCUT2D eigenvalue weighted by Crippen LogP contribution is 2.44. The fourth-order valence-electron chi connectivity index (χ4n) is 6.54. The summed E-state index contributed by atoms with van der Waals surface area (Å²) >= 11 is 0. The summed E-state index contributed by atoms with van der Waals surface area (Å²) in [5.41, 5.74) is 4.07. The van der Waals surface area contributed by atoms with Crippen LogP contribution in [0.4, 0.5) is 0 Å². The van der Waals surface area contributed by atoms with Crippen LogP contribution in [-0.2, 0) is 0 Å². The summed E-state index contributed by atoms with van der Waals surface area (Å²) in [6.45, 7) is 0. The van der Waals surface area contributed by atoms with Crippen molar-refractivity contribution >= 4 is 54.1 Å². The highest BCUT2D eigenvalue weighted by Gasteiger charge is 2.23. The molecule has 0 spiro atoms. The first-order valence-electron chi connectivity index (χ1n) is 14.5. The maximum absolute atomic E-state index is 5.18. The molecule has 0 radical (unpaired) electrons. The van der Waals surface area contributed by atoms with Crippen molar-refractivity contribution in [2.45, 2.75) is 0 Å². The van der Waals surface area contributed by atoms with E-state index in [2.05, 4.69) is 114 Å². The molecular formula is C39H24N4. The second-order valence-corrected chi connectivity index (χ2v) is 10.8. The van der Waals surface area contributed by atoms with E-state index in [-0.39, 0.29) is 0 Å². The molecule has 0 atom stereocenters. The number of hydrogen-bond donors (Lipinski definition) is 0. The van der Waals surface area contributed by atoms with Gasteiger partial charge in [-0.3, -0.25) is 4.57 Å². The van der Waals surface area contributed by atoms with Crippen molar-refractivity contribution in [3.63, 3.8) is 0 Å². The second-order valence-electron chi connectivity index (χ2n) is 10.8. The Morgan fingerprint density at radius 1 is 0.372 bits per heavy atom. The zero-order valence-corrected chi connectivity index (χ0v) is 23.1. The monoisotopic (exact) mass is 548 g/mol. The molecule has 0 unspecified atom stereocenters. The minimum absolute atomic E-state index is 0.600. The van der Waals surface area contributed by atoms with Crippen molar-refractivity contribution < 1.29 is 0 Å². The average Bonchev–Trinajstić information content (AvgIpc) is 3.45. The van der Waals surface area contributed by atoms with Crippen molar-refractivity contribution in [3.05, 3.63) is 146 Å². The Kier molecular flexibility index (Phi) is 5.16. The highest BCUT2D eigenvalue weighted by molar-refractivity contribution is 6.35.